The summed E-state index contributed by atoms with van der Waals surface area (Å²) < 4.78 is 2.23. The SMILES string of the molecule is CCCC1(c2nc3ccncc3n2C)CCNC1. The van der Waals surface area contributed by atoms with Crippen molar-refractivity contribution in [3.63, 3.8) is 0 Å². The molecule has 0 saturated carbocycles. The third-order valence-corrected chi connectivity index (χ3v) is 4.13. The second-order valence-electron chi connectivity index (χ2n) is 5.32. The lowest BCUT2D eigenvalue weighted by molar-refractivity contribution is 0.393. The summed E-state index contributed by atoms with van der Waals surface area (Å²) in [6.45, 7) is 4.40. The van der Waals surface area contributed by atoms with Gasteiger partial charge in [0, 0.05) is 25.2 Å². The standard InChI is InChI=1S/C14H20N4/c1-3-5-14(6-8-16-10-14)13-17-11-4-7-15-9-12(11)18(13)2/h4,7,9,16H,3,5-6,8,10H2,1-2H3. The molecule has 0 amide bonds. The summed E-state index contributed by atoms with van der Waals surface area (Å²) >= 11 is 0. The minimum atomic E-state index is 0.211. The van der Waals surface area contributed by atoms with Gasteiger partial charge < -0.3 is 9.88 Å². The van der Waals surface area contributed by atoms with E-state index in [0.29, 0.717) is 0 Å². The highest BCUT2D eigenvalue weighted by Gasteiger charge is 2.38. The van der Waals surface area contributed by atoms with Crippen molar-refractivity contribution in [2.24, 2.45) is 7.05 Å². The van der Waals surface area contributed by atoms with E-state index in [1.54, 1.807) is 0 Å². The van der Waals surface area contributed by atoms with Crippen molar-refractivity contribution in [3.05, 3.63) is 24.3 Å². The fourth-order valence-electron chi connectivity index (χ4n) is 3.25. The van der Waals surface area contributed by atoms with E-state index in [1.807, 2.05) is 18.5 Å². The van der Waals surface area contributed by atoms with Crippen LogP contribution in [0, 0.1) is 0 Å². The smallest absolute Gasteiger partial charge is 0.117 e. The van der Waals surface area contributed by atoms with Crippen LogP contribution in [-0.4, -0.2) is 27.6 Å². The molecule has 2 aromatic heterocycles. The molecule has 1 N–H and O–H groups in total. The van der Waals surface area contributed by atoms with Gasteiger partial charge in [-0.05, 0) is 25.5 Å². The van der Waals surface area contributed by atoms with E-state index in [2.05, 4.69) is 28.8 Å². The lowest BCUT2D eigenvalue weighted by Gasteiger charge is -2.27. The molecule has 0 aromatic carbocycles. The van der Waals surface area contributed by atoms with Crippen molar-refractivity contribution in [1.82, 2.24) is 19.9 Å². The molecular weight excluding hydrogens is 224 g/mol. The van der Waals surface area contributed by atoms with E-state index in [1.165, 1.54) is 25.1 Å². The van der Waals surface area contributed by atoms with Crippen LogP contribution in [-0.2, 0) is 12.5 Å². The predicted octanol–water partition coefficient (Wildman–Crippen LogP) is 2.00. The Balaban J connectivity index is 2.14. The van der Waals surface area contributed by atoms with Gasteiger partial charge in [-0.2, -0.15) is 0 Å². The molecule has 3 heterocycles. The molecule has 0 bridgehead atoms. The quantitative estimate of drug-likeness (QED) is 0.898. The van der Waals surface area contributed by atoms with Gasteiger partial charge in [0.1, 0.15) is 5.82 Å². The van der Waals surface area contributed by atoms with Crippen LogP contribution in [0.3, 0.4) is 0 Å². The van der Waals surface area contributed by atoms with E-state index in [9.17, 15) is 0 Å². The summed E-state index contributed by atoms with van der Waals surface area (Å²) in [4.78, 5) is 9.07. The first-order valence-electron chi connectivity index (χ1n) is 6.74. The molecule has 1 atom stereocenters. The van der Waals surface area contributed by atoms with Gasteiger partial charge in [-0.3, -0.25) is 4.98 Å². The minimum absolute atomic E-state index is 0.211. The molecule has 0 spiro atoms. The Morgan fingerprint density at radius 2 is 2.39 bits per heavy atom. The lowest BCUT2D eigenvalue weighted by Crippen LogP contribution is -2.32. The molecule has 1 aliphatic heterocycles. The first-order valence-corrected chi connectivity index (χ1v) is 6.74. The first kappa shape index (κ1) is 11.7. The Hall–Kier alpha value is -1.42. The van der Waals surface area contributed by atoms with Crippen LogP contribution in [0.15, 0.2) is 18.5 Å². The van der Waals surface area contributed by atoms with Gasteiger partial charge in [0.15, 0.2) is 0 Å². The van der Waals surface area contributed by atoms with Crippen LogP contribution >= 0.6 is 0 Å². The highest BCUT2D eigenvalue weighted by atomic mass is 15.1. The fourth-order valence-corrected chi connectivity index (χ4v) is 3.25. The molecule has 18 heavy (non-hydrogen) atoms. The summed E-state index contributed by atoms with van der Waals surface area (Å²) in [5.41, 5.74) is 2.41. The summed E-state index contributed by atoms with van der Waals surface area (Å²) in [6.07, 6.45) is 7.31. The van der Waals surface area contributed by atoms with Gasteiger partial charge in [-0.25, -0.2) is 4.98 Å². The zero-order valence-corrected chi connectivity index (χ0v) is 11.1. The predicted molar refractivity (Wildman–Crippen MR) is 72.6 cm³/mol. The molecule has 0 aliphatic carbocycles. The van der Waals surface area contributed by atoms with Crippen LogP contribution in [0.2, 0.25) is 0 Å². The topological polar surface area (TPSA) is 42.7 Å². The van der Waals surface area contributed by atoms with Crippen LogP contribution < -0.4 is 5.32 Å². The van der Waals surface area contributed by atoms with Gasteiger partial charge in [0.2, 0.25) is 0 Å². The molecule has 0 radical (unpaired) electrons. The maximum Gasteiger partial charge on any atom is 0.117 e. The van der Waals surface area contributed by atoms with E-state index in [-0.39, 0.29) is 5.41 Å². The van der Waals surface area contributed by atoms with Gasteiger partial charge in [0.25, 0.3) is 0 Å². The zero-order valence-electron chi connectivity index (χ0n) is 11.1. The second-order valence-corrected chi connectivity index (χ2v) is 5.32. The number of aromatic nitrogens is 3. The minimum Gasteiger partial charge on any atom is -0.329 e. The average Bonchev–Trinajstić information content (AvgIpc) is 2.97. The number of pyridine rings is 1. The van der Waals surface area contributed by atoms with E-state index < -0.39 is 0 Å². The number of hydrogen-bond donors (Lipinski definition) is 1. The lowest BCUT2D eigenvalue weighted by atomic mass is 9.81. The number of aryl methyl sites for hydroxylation is 1. The van der Waals surface area contributed by atoms with Crippen molar-refractivity contribution in [1.29, 1.82) is 0 Å². The van der Waals surface area contributed by atoms with Gasteiger partial charge in [-0.1, -0.05) is 13.3 Å². The molecule has 1 saturated heterocycles. The molecule has 1 fully saturated rings. The number of nitrogens with one attached hydrogen (secondary N) is 1. The Morgan fingerprint density at radius 1 is 1.50 bits per heavy atom. The molecule has 4 heteroatoms. The monoisotopic (exact) mass is 244 g/mol. The molecule has 4 nitrogen and oxygen atoms in total. The summed E-state index contributed by atoms with van der Waals surface area (Å²) in [5.74, 6) is 1.22. The van der Waals surface area contributed by atoms with E-state index in [4.69, 9.17) is 4.98 Å². The van der Waals surface area contributed by atoms with Crippen molar-refractivity contribution in [2.45, 2.75) is 31.6 Å². The molecule has 1 aliphatic rings. The average molecular weight is 244 g/mol. The summed E-state index contributed by atoms with van der Waals surface area (Å²) in [7, 11) is 2.11. The maximum absolute atomic E-state index is 4.87. The van der Waals surface area contributed by atoms with Crippen LogP contribution in [0.4, 0.5) is 0 Å². The Kier molecular flexibility index (Phi) is 2.82. The number of imidazole rings is 1. The Morgan fingerprint density at radius 3 is 3.06 bits per heavy atom. The molecule has 2 aromatic rings. The van der Waals surface area contributed by atoms with Crippen molar-refractivity contribution in [3.8, 4) is 0 Å². The van der Waals surface area contributed by atoms with Crippen LogP contribution in [0.25, 0.3) is 11.0 Å². The molecule has 3 rings (SSSR count). The van der Waals surface area contributed by atoms with E-state index in [0.717, 1.165) is 24.1 Å². The van der Waals surface area contributed by atoms with Gasteiger partial charge in [-0.15, -0.1) is 0 Å². The Labute approximate surface area is 107 Å². The van der Waals surface area contributed by atoms with E-state index >= 15 is 0 Å². The highest BCUT2D eigenvalue weighted by molar-refractivity contribution is 5.74. The van der Waals surface area contributed by atoms with Crippen molar-refractivity contribution in [2.75, 3.05) is 13.1 Å². The summed E-state index contributed by atoms with van der Waals surface area (Å²) in [6, 6.07) is 2.00. The highest BCUT2D eigenvalue weighted by Crippen LogP contribution is 2.35. The zero-order chi connectivity index (χ0) is 12.6. The second kappa shape index (κ2) is 4.35. The Bertz CT molecular complexity index is 552. The van der Waals surface area contributed by atoms with Crippen molar-refractivity contribution < 1.29 is 0 Å². The normalized spacial score (nSPS) is 23.9. The number of hydrogen-bond acceptors (Lipinski definition) is 3. The van der Waals surface area contributed by atoms with Crippen LogP contribution in [0.1, 0.15) is 32.0 Å². The van der Waals surface area contributed by atoms with Gasteiger partial charge in [0.05, 0.1) is 17.2 Å². The summed E-state index contributed by atoms with van der Waals surface area (Å²) in [5, 5.41) is 3.50. The number of fused-ring (bicyclic) bond motifs is 1. The largest absolute Gasteiger partial charge is 0.329 e. The number of rotatable bonds is 3. The first-order chi connectivity index (χ1) is 8.77. The number of nitrogens with zero attached hydrogens (tertiary/aromatic N) is 3. The molecular formula is C14H20N4. The molecule has 96 valence electrons. The van der Waals surface area contributed by atoms with Crippen molar-refractivity contribution >= 4 is 11.0 Å². The van der Waals surface area contributed by atoms with Crippen LogP contribution in [0.5, 0.6) is 0 Å². The maximum atomic E-state index is 4.87. The molecule has 1 unspecified atom stereocenters. The van der Waals surface area contributed by atoms with Gasteiger partial charge >= 0.3 is 0 Å². The fraction of sp³-hybridized carbons (Fsp3) is 0.571. The third-order valence-electron chi connectivity index (χ3n) is 4.13. The third kappa shape index (κ3) is 1.63.